The molecule has 0 aromatic rings. The summed E-state index contributed by atoms with van der Waals surface area (Å²) < 4.78 is 47.2. The van der Waals surface area contributed by atoms with Crippen LogP contribution in [0.25, 0.3) is 0 Å². The summed E-state index contributed by atoms with van der Waals surface area (Å²) in [7, 11) is -3.12. The van der Waals surface area contributed by atoms with Crippen LogP contribution < -0.4 is 0 Å². The highest BCUT2D eigenvalue weighted by Crippen LogP contribution is 2.27. The molecule has 0 aromatic heterocycles. The Balaban J connectivity index is 4.15. The molecule has 0 unspecified atom stereocenters. The Kier molecular flexibility index (Phi) is 17.4. The van der Waals surface area contributed by atoms with Gasteiger partial charge in [0.15, 0.2) is 16.6 Å². The average Bonchev–Trinajstić information content (AvgIpc) is 2.71. The normalized spacial score (nSPS) is 13.6. The number of unbranched alkanes of at least 4 members (excludes halogenated alkanes) is 5. The van der Waals surface area contributed by atoms with Crippen molar-refractivity contribution in [2.24, 2.45) is 0 Å². The molecule has 0 atom stereocenters. The molecular formula is C22H53FO6Si4. The van der Waals surface area contributed by atoms with Gasteiger partial charge in [0.2, 0.25) is 0 Å². The predicted molar refractivity (Wildman–Crippen MR) is 145 cm³/mol. The zero-order chi connectivity index (χ0) is 25.4. The Morgan fingerprint density at radius 3 is 1.42 bits per heavy atom. The van der Waals surface area contributed by atoms with Crippen LogP contribution >= 0.6 is 0 Å². The van der Waals surface area contributed by atoms with Gasteiger partial charge in [-0.05, 0) is 64.2 Å². The first-order chi connectivity index (χ1) is 15.4. The fourth-order valence-corrected chi connectivity index (χ4v) is 20.3. The standard InChI is InChI=1S/C22H53FO6Si4/c1-24-33(25-2,26-3)22-15-13-11-10-12-14-20-30(4,5)28-32(8,9)29-31(6,7)21-16-18-27-19-17-23/h10-22H2,1-9H3. The number of rotatable bonds is 22. The zero-order valence-electron chi connectivity index (χ0n) is 23.0. The first kappa shape index (κ1) is 33.6. The molecule has 0 amide bonds. The highest BCUT2D eigenvalue weighted by atomic mass is 28.5. The molecule has 0 saturated heterocycles. The van der Waals surface area contributed by atoms with Crippen molar-refractivity contribution in [2.45, 2.75) is 102 Å². The van der Waals surface area contributed by atoms with Crippen molar-refractivity contribution < 1.29 is 30.6 Å². The molecule has 0 spiro atoms. The molecule has 0 radical (unpaired) electrons. The highest BCUT2D eigenvalue weighted by Gasteiger charge is 2.39. The van der Waals surface area contributed by atoms with Gasteiger partial charge in [-0.3, -0.25) is 0 Å². The molecule has 33 heavy (non-hydrogen) atoms. The van der Waals surface area contributed by atoms with Crippen molar-refractivity contribution in [3.63, 3.8) is 0 Å². The molecule has 0 aliphatic rings. The molecule has 0 saturated carbocycles. The molecule has 0 aromatic carbocycles. The third-order valence-electron chi connectivity index (χ3n) is 5.78. The molecule has 0 bridgehead atoms. The van der Waals surface area contributed by atoms with Crippen LogP contribution in [-0.4, -0.2) is 75.2 Å². The van der Waals surface area contributed by atoms with Gasteiger partial charge < -0.3 is 26.2 Å². The van der Waals surface area contributed by atoms with Gasteiger partial charge >= 0.3 is 17.4 Å². The maximum Gasteiger partial charge on any atom is 0.500 e. The van der Waals surface area contributed by atoms with E-state index in [-0.39, 0.29) is 6.61 Å². The number of hydrogen-bond acceptors (Lipinski definition) is 6. The lowest BCUT2D eigenvalue weighted by Gasteiger charge is -2.38. The van der Waals surface area contributed by atoms with Crippen molar-refractivity contribution >= 4 is 34.0 Å². The van der Waals surface area contributed by atoms with E-state index in [2.05, 4.69) is 39.3 Å². The second kappa shape index (κ2) is 17.1. The van der Waals surface area contributed by atoms with E-state index in [1.165, 1.54) is 38.1 Å². The van der Waals surface area contributed by atoms with E-state index >= 15 is 0 Å². The number of hydrogen-bond donors (Lipinski definition) is 0. The highest BCUT2D eigenvalue weighted by molar-refractivity contribution is 6.87. The Bertz CT molecular complexity index is 485. The summed E-state index contributed by atoms with van der Waals surface area (Å²) in [6.07, 6.45) is 8.18. The van der Waals surface area contributed by atoms with Crippen molar-refractivity contribution in [3.8, 4) is 0 Å². The summed E-state index contributed by atoms with van der Waals surface area (Å²) in [4.78, 5) is 0. The van der Waals surface area contributed by atoms with E-state index in [1.807, 2.05) is 0 Å². The Hall–Kier alpha value is 0.558. The predicted octanol–water partition coefficient (Wildman–Crippen LogP) is 6.73. The van der Waals surface area contributed by atoms with Gasteiger partial charge in [0.1, 0.15) is 6.67 Å². The first-order valence-corrected chi connectivity index (χ1v) is 23.5. The first-order valence-electron chi connectivity index (χ1n) is 12.6. The van der Waals surface area contributed by atoms with Crippen molar-refractivity contribution in [2.75, 3.05) is 41.2 Å². The molecule has 0 fully saturated rings. The van der Waals surface area contributed by atoms with Crippen LogP contribution in [0.5, 0.6) is 0 Å². The van der Waals surface area contributed by atoms with Gasteiger partial charge in [0.25, 0.3) is 0 Å². The minimum Gasteiger partial charge on any atom is -0.437 e. The summed E-state index contributed by atoms with van der Waals surface area (Å²) in [5, 5.41) is 0. The lowest BCUT2D eigenvalue weighted by atomic mass is 10.1. The van der Waals surface area contributed by atoms with E-state index in [1.54, 1.807) is 21.3 Å². The second-order valence-electron chi connectivity index (χ2n) is 10.4. The van der Waals surface area contributed by atoms with Gasteiger partial charge in [-0.25, -0.2) is 4.39 Å². The third-order valence-corrected chi connectivity index (χ3v) is 20.1. The van der Waals surface area contributed by atoms with Crippen LogP contribution in [0.2, 0.25) is 57.4 Å². The number of ether oxygens (including phenoxy) is 1. The fraction of sp³-hybridized carbons (Fsp3) is 1.00. The van der Waals surface area contributed by atoms with Crippen molar-refractivity contribution in [3.05, 3.63) is 0 Å². The largest absolute Gasteiger partial charge is 0.500 e. The molecule has 11 heteroatoms. The van der Waals surface area contributed by atoms with Gasteiger partial charge in [0.05, 0.1) is 6.61 Å². The van der Waals surface area contributed by atoms with Gasteiger partial charge in [-0.2, -0.15) is 0 Å². The third kappa shape index (κ3) is 16.8. The summed E-state index contributed by atoms with van der Waals surface area (Å²) in [6, 6.07) is 3.08. The molecule has 6 nitrogen and oxygen atoms in total. The fourth-order valence-electron chi connectivity index (χ4n) is 4.37. The van der Waals surface area contributed by atoms with Crippen LogP contribution in [0.15, 0.2) is 0 Å². The van der Waals surface area contributed by atoms with E-state index in [9.17, 15) is 4.39 Å². The Morgan fingerprint density at radius 1 is 0.545 bits per heavy atom. The number of alkyl halides is 1. The average molecular weight is 545 g/mol. The maximum atomic E-state index is 12.1. The van der Waals surface area contributed by atoms with Crippen LogP contribution in [0.1, 0.15) is 44.9 Å². The minimum absolute atomic E-state index is 0.198. The molecule has 0 aliphatic carbocycles. The molecule has 0 aliphatic heterocycles. The molecular weight excluding hydrogens is 492 g/mol. The van der Waals surface area contributed by atoms with E-state index in [4.69, 9.17) is 26.2 Å². The topological polar surface area (TPSA) is 55.4 Å². The second-order valence-corrected chi connectivity index (χ2v) is 26.0. The van der Waals surface area contributed by atoms with Gasteiger partial charge in [-0.15, -0.1) is 0 Å². The summed E-state index contributed by atoms with van der Waals surface area (Å²) >= 11 is 0. The Morgan fingerprint density at radius 2 is 0.970 bits per heavy atom. The van der Waals surface area contributed by atoms with E-state index < -0.39 is 40.7 Å². The lowest BCUT2D eigenvalue weighted by molar-refractivity contribution is 0.119. The zero-order valence-corrected chi connectivity index (χ0v) is 27.0. The molecule has 0 rings (SSSR count). The number of halogens is 1. The lowest BCUT2D eigenvalue weighted by Crippen LogP contribution is -2.52. The Labute approximate surface area is 208 Å². The quantitative estimate of drug-likeness (QED) is 0.111. The van der Waals surface area contributed by atoms with E-state index in [0.29, 0.717) is 6.61 Å². The minimum atomic E-state index is -2.41. The van der Waals surface area contributed by atoms with Crippen LogP contribution in [0.4, 0.5) is 4.39 Å². The van der Waals surface area contributed by atoms with Crippen molar-refractivity contribution in [1.82, 2.24) is 0 Å². The van der Waals surface area contributed by atoms with Crippen LogP contribution in [-0.2, 0) is 26.2 Å². The smallest absolute Gasteiger partial charge is 0.437 e. The SMILES string of the molecule is CO[Si](CCCCCCCC[Si](C)(C)O[Si](C)(C)O[Si](C)(C)CCCOCCF)(OC)OC. The maximum absolute atomic E-state index is 12.1. The monoisotopic (exact) mass is 544 g/mol. The summed E-state index contributed by atoms with van der Waals surface area (Å²) in [6.45, 7) is 14.0. The summed E-state index contributed by atoms with van der Waals surface area (Å²) in [5.41, 5.74) is 0. The van der Waals surface area contributed by atoms with Gasteiger partial charge in [-0.1, -0.05) is 32.1 Å². The molecule has 0 N–H and O–H groups in total. The molecule has 0 heterocycles. The van der Waals surface area contributed by atoms with Gasteiger partial charge in [0, 0.05) is 34.0 Å². The molecule has 200 valence electrons. The van der Waals surface area contributed by atoms with E-state index in [0.717, 1.165) is 24.9 Å². The van der Waals surface area contributed by atoms with Crippen LogP contribution in [0, 0.1) is 0 Å². The summed E-state index contributed by atoms with van der Waals surface area (Å²) in [5.74, 6) is 0. The van der Waals surface area contributed by atoms with Crippen LogP contribution in [0.3, 0.4) is 0 Å². The van der Waals surface area contributed by atoms with Crippen molar-refractivity contribution in [1.29, 1.82) is 0 Å².